The van der Waals surface area contributed by atoms with Crippen molar-refractivity contribution in [3.8, 4) is 0 Å². The SMILES string of the molecule is CCC[O][Sn]([C](F)(F)C(F)(F)CC(F)(F)F)([C](F)(F)C(F)(F)CC(F)(F)F)[C](F)(F)C(F)(F)CC(F)(F)F. The summed E-state index contributed by atoms with van der Waals surface area (Å²) in [5, 5.41) is 0. The Morgan fingerprint density at radius 3 is 0.789 bits per heavy atom. The van der Waals surface area contributed by atoms with E-state index < -0.39 is 99.2 Å². The monoisotopic (exact) mass is 728 g/mol. The van der Waals surface area contributed by atoms with Gasteiger partial charge in [-0.3, -0.25) is 0 Å². The van der Waals surface area contributed by atoms with Gasteiger partial charge >= 0.3 is 201 Å². The molecular weight excluding hydrogens is 714 g/mol. The molecule has 23 heteroatoms. The molecule has 0 rings (SSSR count). The van der Waals surface area contributed by atoms with E-state index in [2.05, 4.69) is 3.07 Å². The van der Waals surface area contributed by atoms with Crippen molar-refractivity contribution in [2.24, 2.45) is 0 Å². The van der Waals surface area contributed by atoms with Gasteiger partial charge in [-0.2, -0.15) is 0 Å². The summed E-state index contributed by atoms with van der Waals surface area (Å²) in [5.41, 5.74) is 0. The molecule has 0 saturated heterocycles. The minimum atomic E-state index is -11.6. The van der Waals surface area contributed by atoms with Gasteiger partial charge in [0.25, 0.3) is 0 Å². The molecule has 0 aliphatic rings. The van der Waals surface area contributed by atoms with E-state index in [1.165, 1.54) is 0 Å². The van der Waals surface area contributed by atoms with Gasteiger partial charge in [-0.05, 0) is 0 Å². The van der Waals surface area contributed by atoms with Crippen molar-refractivity contribution in [1.82, 2.24) is 0 Å². The molecule has 0 aliphatic carbocycles. The molecule has 0 aliphatic heterocycles. The van der Waals surface area contributed by atoms with Gasteiger partial charge in [0, 0.05) is 0 Å². The van der Waals surface area contributed by atoms with E-state index in [4.69, 9.17) is 0 Å². The fourth-order valence-electron chi connectivity index (χ4n) is 2.98. The number of hydrogen-bond acceptors (Lipinski definition) is 1. The van der Waals surface area contributed by atoms with E-state index in [1.807, 2.05) is 0 Å². The number of rotatable bonds is 12. The van der Waals surface area contributed by atoms with Crippen LogP contribution in [-0.2, 0) is 3.07 Å². The first-order valence-corrected chi connectivity index (χ1v) is 14.7. The zero-order valence-electron chi connectivity index (χ0n) is 17.9. The van der Waals surface area contributed by atoms with Gasteiger partial charge in [-0.15, -0.1) is 0 Å². The Bertz CT molecular complexity index is 694. The van der Waals surface area contributed by atoms with Crippen LogP contribution in [0.2, 0.25) is 0 Å². The molecule has 0 unspecified atom stereocenters. The molecule has 0 spiro atoms. The molecule has 1 nitrogen and oxygen atoms in total. The van der Waals surface area contributed by atoms with E-state index in [0.29, 0.717) is 6.92 Å². The second-order valence-electron chi connectivity index (χ2n) is 7.74. The Labute approximate surface area is 202 Å². The van der Waals surface area contributed by atoms with E-state index in [0.717, 1.165) is 0 Å². The van der Waals surface area contributed by atoms with Crippen LogP contribution in [0.1, 0.15) is 32.6 Å². The van der Waals surface area contributed by atoms with Crippen molar-refractivity contribution in [1.29, 1.82) is 0 Å². The van der Waals surface area contributed by atoms with Gasteiger partial charge in [0.1, 0.15) is 0 Å². The van der Waals surface area contributed by atoms with E-state index in [1.54, 1.807) is 0 Å². The van der Waals surface area contributed by atoms with Crippen molar-refractivity contribution in [2.45, 2.75) is 80.7 Å². The Hall–Kier alpha value is -0.711. The van der Waals surface area contributed by atoms with Crippen LogP contribution in [0.3, 0.4) is 0 Å². The number of hydrogen-bond donors (Lipinski definition) is 0. The zero-order chi connectivity index (χ0) is 31.2. The third-order valence-corrected chi connectivity index (χ3v) is 17.0. The summed E-state index contributed by atoms with van der Waals surface area (Å²) in [4.78, 5) is 0. The summed E-state index contributed by atoms with van der Waals surface area (Å²) in [6, 6.07) is 0. The Kier molecular flexibility index (Phi) is 10.4. The van der Waals surface area contributed by atoms with Gasteiger partial charge in [0.05, 0.1) is 0 Å². The summed E-state index contributed by atoms with van der Waals surface area (Å²) < 4.78 is 264. The van der Waals surface area contributed by atoms with Crippen molar-refractivity contribution in [3.63, 3.8) is 0 Å². The summed E-state index contributed by atoms with van der Waals surface area (Å²) in [5.74, 6) is -22.5. The molecule has 230 valence electrons. The Morgan fingerprint density at radius 2 is 0.632 bits per heavy atom. The van der Waals surface area contributed by atoms with Crippen LogP contribution < -0.4 is 0 Å². The normalized spacial score (nSPS) is 16.3. The van der Waals surface area contributed by atoms with E-state index in [9.17, 15) is 92.2 Å². The standard InChI is InChI=1S/3C4H2F7.C3H7O.Sn/c3*5-2(6)3(7,8)1-4(9,10)11;1-2-3-4;/h3*1H2;2-3H2,1H3;/q;;;-1;+1. The van der Waals surface area contributed by atoms with Crippen molar-refractivity contribution >= 4 is 18.8 Å². The van der Waals surface area contributed by atoms with Crippen LogP contribution in [0.25, 0.3) is 0 Å². The fraction of sp³-hybridized carbons (Fsp3) is 1.00. The molecule has 0 heterocycles. The van der Waals surface area contributed by atoms with Crippen molar-refractivity contribution < 1.29 is 95.3 Å². The zero-order valence-corrected chi connectivity index (χ0v) is 20.7. The average Bonchev–Trinajstić information content (AvgIpc) is 2.54. The second kappa shape index (κ2) is 10.6. The average molecular weight is 727 g/mol. The van der Waals surface area contributed by atoms with Gasteiger partial charge in [-0.25, -0.2) is 0 Å². The summed E-state index contributed by atoms with van der Waals surface area (Å²) in [6.07, 6.45) is -34.8. The first-order valence-electron chi connectivity index (χ1n) is 9.29. The quantitative estimate of drug-likeness (QED) is 0.145. The van der Waals surface area contributed by atoms with Crippen molar-refractivity contribution in [3.05, 3.63) is 0 Å². The molecule has 0 atom stereocenters. The molecule has 0 saturated carbocycles. The predicted molar refractivity (Wildman–Crippen MR) is 83.7 cm³/mol. The van der Waals surface area contributed by atoms with Gasteiger partial charge in [0.15, 0.2) is 0 Å². The molecule has 0 aromatic heterocycles. The molecule has 0 aromatic carbocycles. The first kappa shape index (κ1) is 37.3. The topological polar surface area (TPSA) is 9.23 Å². The van der Waals surface area contributed by atoms with Gasteiger partial charge in [-0.1, -0.05) is 0 Å². The summed E-state index contributed by atoms with van der Waals surface area (Å²) >= 11 is -11.6. The number of alkyl halides is 21. The molecule has 0 N–H and O–H groups in total. The van der Waals surface area contributed by atoms with E-state index in [-0.39, 0.29) is 0 Å². The maximum atomic E-state index is 14.8. The van der Waals surface area contributed by atoms with Crippen molar-refractivity contribution in [2.75, 3.05) is 6.61 Å². The van der Waals surface area contributed by atoms with Crippen LogP contribution in [0.5, 0.6) is 0 Å². The number of halogens is 21. The Balaban J connectivity index is 8.06. The first-order chi connectivity index (χ1) is 16.2. The van der Waals surface area contributed by atoms with Crippen LogP contribution in [0.4, 0.5) is 92.2 Å². The van der Waals surface area contributed by atoms with E-state index >= 15 is 0 Å². The van der Waals surface area contributed by atoms with Crippen LogP contribution >= 0.6 is 0 Å². The Morgan fingerprint density at radius 1 is 0.421 bits per heavy atom. The third kappa shape index (κ3) is 7.13. The molecule has 0 amide bonds. The summed E-state index contributed by atoms with van der Waals surface area (Å²) in [6.45, 7) is -1.93. The molecule has 0 fully saturated rings. The molecule has 38 heavy (non-hydrogen) atoms. The third-order valence-electron chi connectivity index (χ3n) is 4.49. The molecule has 0 bridgehead atoms. The fourth-order valence-corrected chi connectivity index (χ4v) is 14.5. The second-order valence-corrected chi connectivity index (χ2v) is 17.8. The van der Waals surface area contributed by atoms with Crippen LogP contribution in [0, 0.1) is 0 Å². The van der Waals surface area contributed by atoms with Gasteiger partial charge < -0.3 is 0 Å². The van der Waals surface area contributed by atoms with Crippen LogP contribution in [0.15, 0.2) is 0 Å². The van der Waals surface area contributed by atoms with Crippen LogP contribution in [-0.4, -0.2) is 73.5 Å². The summed E-state index contributed by atoms with van der Waals surface area (Å²) in [7, 11) is 0. The predicted octanol–water partition coefficient (Wildman–Crippen LogP) is 8.65. The minimum absolute atomic E-state index is 0.473. The molecular formula is C15H13F21OSn. The van der Waals surface area contributed by atoms with Gasteiger partial charge in [0.2, 0.25) is 0 Å². The molecule has 0 aromatic rings. The maximum absolute atomic E-state index is 14.8. The molecule has 0 radical (unpaired) electrons.